The first kappa shape index (κ1) is 15.9. The summed E-state index contributed by atoms with van der Waals surface area (Å²) < 4.78 is 32.4. The minimum Gasteiger partial charge on any atom is -0.377 e. The van der Waals surface area contributed by atoms with E-state index in [-0.39, 0.29) is 6.10 Å². The molecule has 1 saturated heterocycles. The van der Waals surface area contributed by atoms with Gasteiger partial charge in [0.2, 0.25) is 0 Å². The first-order chi connectivity index (χ1) is 9.54. The lowest BCUT2D eigenvalue weighted by Gasteiger charge is -2.26. The lowest BCUT2D eigenvalue weighted by Crippen LogP contribution is -2.36. The highest BCUT2D eigenvalue weighted by Gasteiger charge is 2.26. The van der Waals surface area contributed by atoms with Crippen molar-refractivity contribution in [3.63, 3.8) is 0 Å². The van der Waals surface area contributed by atoms with Crippen molar-refractivity contribution >= 4 is 21.4 Å². The number of thiophene rings is 1. The second kappa shape index (κ2) is 7.00. The number of hydrogen-bond acceptors (Lipinski definition) is 5. The predicted molar refractivity (Wildman–Crippen MR) is 80.5 cm³/mol. The maximum Gasteiger partial charge on any atom is 0.252 e. The number of nitrogens with zero attached hydrogens (tertiary/aromatic N) is 1. The maximum absolute atomic E-state index is 12.5. The van der Waals surface area contributed by atoms with E-state index in [9.17, 15) is 8.42 Å². The van der Waals surface area contributed by atoms with Gasteiger partial charge in [0.05, 0.1) is 6.10 Å². The van der Waals surface area contributed by atoms with Crippen LogP contribution in [0.3, 0.4) is 0 Å². The number of sulfonamides is 1. The molecule has 1 N–H and O–H groups in total. The van der Waals surface area contributed by atoms with Crippen LogP contribution in [0.1, 0.15) is 24.8 Å². The van der Waals surface area contributed by atoms with Gasteiger partial charge in [0, 0.05) is 26.7 Å². The Labute approximate surface area is 125 Å². The van der Waals surface area contributed by atoms with Gasteiger partial charge in [0.1, 0.15) is 4.21 Å². The monoisotopic (exact) mass is 318 g/mol. The van der Waals surface area contributed by atoms with Crippen LogP contribution in [-0.2, 0) is 21.3 Å². The second-order valence-electron chi connectivity index (χ2n) is 5.08. The van der Waals surface area contributed by atoms with Gasteiger partial charge in [-0.1, -0.05) is 0 Å². The summed E-state index contributed by atoms with van der Waals surface area (Å²) in [6, 6.07) is 1.74. The highest BCUT2D eigenvalue weighted by atomic mass is 32.2. The smallest absolute Gasteiger partial charge is 0.252 e. The molecule has 0 aromatic carbocycles. The van der Waals surface area contributed by atoms with Crippen molar-refractivity contribution in [1.82, 2.24) is 9.62 Å². The Kier molecular flexibility index (Phi) is 5.57. The molecule has 0 bridgehead atoms. The second-order valence-corrected chi connectivity index (χ2v) is 8.26. The van der Waals surface area contributed by atoms with Gasteiger partial charge in [-0.15, -0.1) is 11.3 Å². The Morgan fingerprint density at radius 2 is 2.30 bits per heavy atom. The number of hydrogen-bond donors (Lipinski definition) is 1. The standard InChI is InChI=1S/C13H22N2O3S2/c1-14-8-11-7-13(19-10-11)20(16,17)15(2)9-12-5-3-4-6-18-12/h7,10,12,14H,3-6,8-9H2,1-2H3. The molecule has 20 heavy (non-hydrogen) atoms. The molecule has 0 radical (unpaired) electrons. The van der Waals surface area contributed by atoms with Crippen molar-refractivity contribution in [2.24, 2.45) is 0 Å². The normalized spacial score (nSPS) is 20.4. The van der Waals surface area contributed by atoms with Gasteiger partial charge in [-0.3, -0.25) is 0 Å². The Balaban J connectivity index is 2.03. The number of nitrogens with one attached hydrogen (secondary N) is 1. The van der Waals surface area contributed by atoms with E-state index < -0.39 is 10.0 Å². The van der Waals surface area contributed by atoms with Crippen molar-refractivity contribution in [3.05, 3.63) is 17.0 Å². The van der Waals surface area contributed by atoms with Crippen LogP contribution in [0.15, 0.2) is 15.7 Å². The van der Waals surface area contributed by atoms with Crippen LogP contribution in [0.25, 0.3) is 0 Å². The average Bonchev–Trinajstić information content (AvgIpc) is 2.89. The third-order valence-corrected chi connectivity index (χ3v) is 6.70. The summed E-state index contributed by atoms with van der Waals surface area (Å²) in [5, 5.41) is 4.91. The van der Waals surface area contributed by atoms with E-state index in [0.717, 1.165) is 31.4 Å². The highest BCUT2D eigenvalue weighted by Crippen LogP contribution is 2.24. The molecule has 2 heterocycles. The van der Waals surface area contributed by atoms with Crippen LogP contribution in [-0.4, -0.2) is 46.1 Å². The largest absolute Gasteiger partial charge is 0.377 e. The van der Waals surface area contributed by atoms with E-state index in [0.29, 0.717) is 17.3 Å². The summed E-state index contributed by atoms with van der Waals surface area (Å²) >= 11 is 1.28. The van der Waals surface area contributed by atoms with Crippen molar-refractivity contribution in [3.8, 4) is 0 Å². The molecule has 5 nitrogen and oxygen atoms in total. The molecule has 114 valence electrons. The molecule has 1 unspecified atom stereocenters. The average molecular weight is 318 g/mol. The molecule has 1 aliphatic heterocycles. The lowest BCUT2D eigenvalue weighted by molar-refractivity contribution is 0.00860. The molecule has 1 atom stereocenters. The van der Waals surface area contributed by atoms with E-state index >= 15 is 0 Å². The molecular weight excluding hydrogens is 296 g/mol. The van der Waals surface area contributed by atoms with Crippen molar-refractivity contribution in [2.45, 2.75) is 36.1 Å². The molecule has 0 spiro atoms. The summed E-state index contributed by atoms with van der Waals surface area (Å²) in [5.74, 6) is 0. The molecular formula is C13H22N2O3S2. The van der Waals surface area contributed by atoms with Gasteiger partial charge in [0.15, 0.2) is 0 Å². The minimum absolute atomic E-state index is 0.0280. The fourth-order valence-electron chi connectivity index (χ4n) is 2.28. The molecule has 0 saturated carbocycles. The molecule has 1 aromatic rings. The van der Waals surface area contributed by atoms with Crippen LogP contribution >= 0.6 is 11.3 Å². The Hall–Kier alpha value is -0.470. The third kappa shape index (κ3) is 3.79. The van der Waals surface area contributed by atoms with E-state index in [1.165, 1.54) is 15.6 Å². The van der Waals surface area contributed by atoms with Gasteiger partial charge in [-0.25, -0.2) is 8.42 Å². The van der Waals surface area contributed by atoms with Gasteiger partial charge in [-0.2, -0.15) is 4.31 Å². The van der Waals surface area contributed by atoms with E-state index in [1.54, 1.807) is 13.1 Å². The van der Waals surface area contributed by atoms with Gasteiger partial charge < -0.3 is 10.1 Å². The van der Waals surface area contributed by atoms with E-state index in [1.807, 2.05) is 12.4 Å². The molecule has 1 aromatic heterocycles. The lowest BCUT2D eigenvalue weighted by atomic mass is 10.1. The fraction of sp³-hybridized carbons (Fsp3) is 0.692. The van der Waals surface area contributed by atoms with E-state index in [2.05, 4.69) is 5.32 Å². The van der Waals surface area contributed by atoms with Crippen molar-refractivity contribution in [1.29, 1.82) is 0 Å². The molecule has 0 amide bonds. The number of likely N-dealkylation sites (N-methyl/N-ethyl adjacent to an activating group) is 1. The molecule has 1 aliphatic rings. The summed E-state index contributed by atoms with van der Waals surface area (Å²) in [6.45, 7) is 1.85. The Bertz CT molecular complexity index is 521. The zero-order chi connectivity index (χ0) is 14.6. The van der Waals surface area contributed by atoms with Gasteiger partial charge >= 0.3 is 0 Å². The first-order valence-corrected chi connectivity index (χ1v) is 9.16. The molecule has 0 aliphatic carbocycles. The number of ether oxygens (including phenoxy) is 1. The quantitative estimate of drug-likeness (QED) is 0.866. The van der Waals surface area contributed by atoms with Crippen LogP contribution in [0.5, 0.6) is 0 Å². The molecule has 1 fully saturated rings. The van der Waals surface area contributed by atoms with Gasteiger partial charge in [-0.05, 0) is 43.3 Å². The van der Waals surface area contributed by atoms with Crippen LogP contribution in [0.2, 0.25) is 0 Å². The Morgan fingerprint density at radius 3 is 2.95 bits per heavy atom. The van der Waals surface area contributed by atoms with Crippen molar-refractivity contribution in [2.75, 3.05) is 27.2 Å². The molecule has 7 heteroatoms. The minimum atomic E-state index is -3.39. The SMILES string of the molecule is CNCc1csc(S(=O)(=O)N(C)CC2CCCCO2)c1. The topological polar surface area (TPSA) is 58.6 Å². The summed E-state index contributed by atoms with van der Waals surface area (Å²) in [6.07, 6.45) is 3.16. The first-order valence-electron chi connectivity index (χ1n) is 6.84. The zero-order valence-electron chi connectivity index (χ0n) is 12.0. The summed E-state index contributed by atoms with van der Waals surface area (Å²) in [4.78, 5) is 0. The van der Waals surface area contributed by atoms with Crippen LogP contribution < -0.4 is 5.32 Å². The zero-order valence-corrected chi connectivity index (χ0v) is 13.6. The highest BCUT2D eigenvalue weighted by molar-refractivity contribution is 7.91. The summed E-state index contributed by atoms with van der Waals surface area (Å²) in [5.41, 5.74) is 0.999. The predicted octanol–water partition coefficient (Wildman–Crippen LogP) is 1.66. The summed E-state index contributed by atoms with van der Waals surface area (Å²) in [7, 11) is 0.0836. The third-order valence-electron chi connectivity index (χ3n) is 3.41. The Morgan fingerprint density at radius 1 is 1.50 bits per heavy atom. The van der Waals surface area contributed by atoms with Crippen LogP contribution in [0, 0.1) is 0 Å². The van der Waals surface area contributed by atoms with Crippen LogP contribution in [0.4, 0.5) is 0 Å². The maximum atomic E-state index is 12.5. The van der Waals surface area contributed by atoms with Gasteiger partial charge in [0.25, 0.3) is 10.0 Å². The molecule has 2 rings (SSSR count). The number of rotatable bonds is 6. The fourth-order valence-corrected chi connectivity index (χ4v) is 4.90. The van der Waals surface area contributed by atoms with E-state index in [4.69, 9.17) is 4.74 Å². The van der Waals surface area contributed by atoms with Crippen molar-refractivity contribution < 1.29 is 13.2 Å².